The van der Waals surface area contributed by atoms with Crippen LogP contribution < -0.4 is 10.1 Å². The first kappa shape index (κ1) is 28.8. The number of alkyl halides is 3. The number of aliphatic hydroxyl groups is 1. The molecule has 4 rings (SSSR count). The second-order valence-corrected chi connectivity index (χ2v) is 11.9. The first-order chi connectivity index (χ1) is 18.5. The second kappa shape index (κ2) is 11.9. The summed E-state index contributed by atoms with van der Waals surface area (Å²) in [6.07, 6.45) is -1.81. The van der Waals surface area contributed by atoms with E-state index in [-0.39, 0.29) is 41.6 Å². The van der Waals surface area contributed by atoms with Crippen molar-refractivity contribution < 1.29 is 36.2 Å². The molecule has 2 aromatic carbocycles. The van der Waals surface area contributed by atoms with Crippen LogP contribution in [-0.4, -0.2) is 54.5 Å². The molecule has 0 saturated heterocycles. The highest BCUT2D eigenvalue weighted by Gasteiger charge is 2.41. The highest BCUT2D eigenvalue weighted by molar-refractivity contribution is 7.91. The zero-order chi connectivity index (χ0) is 28.2. The minimum Gasteiger partial charge on any atom is -0.477 e. The van der Waals surface area contributed by atoms with Crippen LogP contribution in [0.5, 0.6) is 5.88 Å². The standard InChI is InChI=1S/C27H30F3N3O5S/c1-2-39(36,37)21-10-5-18(6-11-21)24(14-34)33-25(35)19-7-12-22-23(13-19)31-16-32-26(22)38-15-17-3-8-20(9-4-17)27(28,29)30/h5-7,10-13,16-17,20,24,34H,2-4,8-9,14-15H2,1H3,(H,33,35). The van der Waals surface area contributed by atoms with E-state index in [9.17, 15) is 31.5 Å². The van der Waals surface area contributed by atoms with Crippen molar-refractivity contribution in [3.8, 4) is 5.88 Å². The van der Waals surface area contributed by atoms with Crippen molar-refractivity contribution in [2.45, 2.75) is 49.7 Å². The molecule has 1 aliphatic rings. The lowest BCUT2D eigenvalue weighted by atomic mass is 9.82. The van der Waals surface area contributed by atoms with Crippen molar-refractivity contribution >= 4 is 26.6 Å². The monoisotopic (exact) mass is 565 g/mol. The van der Waals surface area contributed by atoms with E-state index in [4.69, 9.17) is 4.74 Å². The Morgan fingerprint density at radius 3 is 2.41 bits per heavy atom. The Labute approximate surface area is 224 Å². The van der Waals surface area contributed by atoms with Gasteiger partial charge in [0.05, 0.1) is 46.7 Å². The average molecular weight is 566 g/mol. The molecule has 12 heteroatoms. The molecule has 1 unspecified atom stereocenters. The molecule has 3 aromatic rings. The molecule has 2 N–H and O–H groups in total. The minimum absolute atomic E-state index is 0.00484. The van der Waals surface area contributed by atoms with Gasteiger partial charge in [-0.15, -0.1) is 0 Å². The van der Waals surface area contributed by atoms with E-state index in [1.807, 2.05) is 0 Å². The van der Waals surface area contributed by atoms with Crippen LogP contribution in [-0.2, 0) is 9.84 Å². The van der Waals surface area contributed by atoms with Crippen LogP contribution >= 0.6 is 0 Å². The van der Waals surface area contributed by atoms with Crippen molar-refractivity contribution in [1.82, 2.24) is 15.3 Å². The van der Waals surface area contributed by atoms with E-state index in [0.717, 1.165) is 0 Å². The number of hydrogen-bond acceptors (Lipinski definition) is 7. The Morgan fingerprint density at radius 1 is 1.10 bits per heavy atom. The number of aliphatic hydroxyl groups excluding tert-OH is 1. The molecule has 210 valence electrons. The maximum Gasteiger partial charge on any atom is 0.391 e. The average Bonchev–Trinajstić information content (AvgIpc) is 2.94. The second-order valence-electron chi connectivity index (χ2n) is 9.66. The molecule has 1 heterocycles. The van der Waals surface area contributed by atoms with Crippen LogP contribution in [0.4, 0.5) is 13.2 Å². The molecule has 0 spiro atoms. The van der Waals surface area contributed by atoms with Crippen molar-refractivity contribution in [1.29, 1.82) is 0 Å². The van der Waals surface area contributed by atoms with Crippen LogP contribution in [0.3, 0.4) is 0 Å². The van der Waals surface area contributed by atoms with Crippen LogP contribution in [0.25, 0.3) is 10.9 Å². The van der Waals surface area contributed by atoms with Gasteiger partial charge in [-0.25, -0.2) is 18.4 Å². The number of sulfone groups is 1. The first-order valence-corrected chi connectivity index (χ1v) is 14.4. The summed E-state index contributed by atoms with van der Waals surface area (Å²) in [6.45, 7) is 1.40. The van der Waals surface area contributed by atoms with Crippen LogP contribution in [0.15, 0.2) is 53.7 Å². The zero-order valence-electron chi connectivity index (χ0n) is 21.3. The number of nitrogens with one attached hydrogen (secondary N) is 1. The summed E-state index contributed by atoms with van der Waals surface area (Å²) in [5.74, 6) is -1.46. The number of carbonyl (C=O) groups excluding carboxylic acids is 1. The number of fused-ring (bicyclic) bond motifs is 1. The molecule has 0 aliphatic heterocycles. The van der Waals surface area contributed by atoms with E-state index < -0.39 is 40.5 Å². The number of nitrogens with zero attached hydrogens (tertiary/aromatic N) is 2. The fourth-order valence-electron chi connectivity index (χ4n) is 4.69. The highest BCUT2D eigenvalue weighted by atomic mass is 32.2. The predicted molar refractivity (Wildman–Crippen MR) is 138 cm³/mol. The molecule has 0 bridgehead atoms. The van der Waals surface area contributed by atoms with E-state index in [1.54, 1.807) is 37.3 Å². The number of ether oxygens (including phenoxy) is 1. The van der Waals surface area contributed by atoms with Gasteiger partial charge in [0.25, 0.3) is 5.91 Å². The number of benzene rings is 2. The summed E-state index contributed by atoms with van der Waals surface area (Å²) in [7, 11) is -3.37. The Morgan fingerprint density at radius 2 is 1.79 bits per heavy atom. The Kier molecular flexibility index (Phi) is 8.75. The fraction of sp³-hybridized carbons (Fsp3) is 0.444. The molecule has 1 saturated carbocycles. The molecular weight excluding hydrogens is 535 g/mol. The van der Waals surface area contributed by atoms with Gasteiger partial charge in [-0.05, 0) is 67.5 Å². The van der Waals surface area contributed by atoms with Gasteiger partial charge < -0.3 is 15.2 Å². The van der Waals surface area contributed by atoms with Gasteiger partial charge in [-0.2, -0.15) is 13.2 Å². The van der Waals surface area contributed by atoms with E-state index in [1.165, 1.54) is 18.5 Å². The van der Waals surface area contributed by atoms with Gasteiger partial charge in [-0.1, -0.05) is 19.1 Å². The van der Waals surface area contributed by atoms with E-state index in [0.29, 0.717) is 35.2 Å². The summed E-state index contributed by atoms with van der Waals surface area (Å²) < 4.78 is 68.7. The molecule has 1 atom stereocenters. The van der Waals surface area contributed by atoms with Crippen molar-refractivity contribution in [2.24, 2.45) is 11.8 Å². The summed E-state index contributed by atoms with van der Waals surface area (Å²) in [6, 6.07) is 9.99. The quantitative estimate of drug-likeness (QED) is 0.388. The lowest BCUT2D eigenvalue weighted by Gasteiger charge is -2.29. The van der Waals surface area contributed by atoms with Gasteiger partial charge >= 0.3 is 6.18 Å². The molecule has 1 fully saturated rings. The maximum absolute atomic E-state index is 12.9. The number of hydrogen-bond donors (Lipinski definition) is 2. The van der Waals surface area contributed by atoms with Gasteiger partial charge in [-0.3, -0.25) is 4.79 Å². The van der Waals surface area contributed by atoms with Gasteiger partial charge in [0.2, 0.25) is 5.88 Å². The molecule has 39 heavy (non-hydrogen) atoms. The SMILES string of the molecule is CCS(=O)(=O)c1ccc(C(CO)NC(=O)c2ccc3c(OCC4CCC(C(F)(F)F)CC4)ncnc3c2)cc1. The number of carbonyl (C=O) groups is 1. The zero-order valence-corrected chi connectivity index (χ0v) is 22.1. The Bertz CT molecular complexity index is 1410. The third-order valence-corrected chi connectivity index (χ3v) is 8.89. The molecule has 1 aliphatic carbocycles. The van der Waals surface area contributed by atoms with Crippen LogP contribution in [0, 0.1) is 11.8 Å². The summed E-state index contributed by atoms with van der Waals surface area (Å²) in [5, 5.41) is 13.2. The van der Waals surface area contributed by atoms with E-state index >= 15 is 0 Å². The minimum atomic E-state index is -4.15. The lowest BCUT2D eigenvalue weighted by molar-refractivity contribution is -0.184. The number of halogens is 3. The van der Waals surface area contributed by atoms with Crippen LogP contribution in [0.1, 0.15) is 54.6 Å². The third-order valence-electron chi connectivity index (χ3n) is 7.14. The summed E-state index contributed by atoms with van der Waals surface area (Å²) >= 11 is 0. The molecule has 8 nitrogen and oxygen atoms in total. The number of aromatic nitrogens is 2. The summed E-state index contributed by atoms with van der Waals surface area (Å²) in [4.78, 5) is 21.5. The van der Waals surface area contributed by atoms with Gasteiger partial charge in [0.15, 0.2) is 9.84 Å². The first-order valence-electron chi connectivity index (χ1n) is 12.7. The molecule has 1 amide bonds. The van der Waals surface area contributed by atoms with Crippen molar-refractivity contribution in [3.63, 3.8) is 0 Å². The number of rotatable bonds is 9. The highest BCUT2D eigenvalue weighted by Crippen LogP contribution is 2.39. The van der Waals surface area contributed by atoms with Crippen molar-refractivity contribution in [3.05, 3.63) is 59.9 Å². The van der Waals surface area contributed by atoms with E-state index in [2.05, 4.69) is 15.3 Å². The Hall–Kier alpha value is -3.25. The fourth-order valence-corrected chi connectivity index (χ4v) is 5.58. The van der Waals surface area contributed by atoms with Crippen LogP contribution in [0.2, 0.25) is 0 Å². The number of amides is 1. The third kappa shape index (κ3) is 6.85. The van der Waals surface area contributed by atoms with Gasteiger partial charge in [0, 0.05) is 5.56 Å². The predicted octanol–water partition coefficient (Wildman–Crippen LogP) is 4.63. The normalized spacial score (nSPS) is 19.0. The molecular formula is C27H30F3N3O5S. The topological polar surface area (TPSA) is 118 Å². The summed E-state index contributed by atoms with van der Waals surface area (Å²) in [5.41, 5.74) is 1.27. The van der Waals surface area contributed by atoms with Gasteiger partial charge in [0.1, 0.15) is 6.33 Å². The largest absolute Gasteiger partial charge is 0.477 e. The molecule has 1 aromatic heterocycles. The maximum atomic E-state index is 12.9. The van der Waals surface area contributed by atoms with Crippen molar-refractivity contribution in [2.75, 3.05) is 19.0 Å². The molecule has 0 radical (unpaired) electrons. The smallest absolute Gasteiger partial charge is 0.391 e. The Balaban J connectivity index is 1.41. The lowest BCUT2D eigenvalue weighted by Crippen LogP contribution is -2.30.